The second-order valence-corrected chi connectivity index (χ2v) is 5.31. The van der Waals surface area contributed by atoms with Crippen molar-refractivity contribution in [2.24, 2.45) is 0 Å². The zero-order chi connectivity index (χ0) is 17.9. The van der Waals surface area contributed by atoms with Crippen LogP contribution in [-0.4, -0.2) is 61.0 Å². The van der Waals surface area contributed by atoms with Gasteiger partial charge in [0.05, 0.1) is 19.7 Å². The van der Waals surface area contributed by atoms with Crippen molar-refractivity contribution in [3.05, 3.63) is 35.9 Å². The van der Waals surface area contributed by atoms with Gasteiger partial charge in [-0.25, -0.2) is 4.79 Å². The first-order valence-electron chi connectivity index (χ1n) is 7.93. The first-order chi connectivity index (χ1) is 11.5. The SMILES string of the molecule is CCOC(=O)NC(=O)CN(CC)CC(=O)N(C)Cc1ccccc1. The van der Waals surface area contributed by atoms with Crippen LogP contribution in [0.5, 0.6) is 0 Å². The molecular weight excluding hydrogens is 310 g/mol. The second kappa shape index (κ2) is 10.4. The summed E-state index contributed by atoms with van der Waals surface area (Å²) >= 11 is 0. The third kappa shape index (κ3) is 7.23. The lowest BCUT2D eigenvalue weighted by atomic mass is 10.2. The highest BCUT2D eigenvalue weighted by atomic mass is 16.5. The van der Waals surface area contributed by atoms with E-state index in [0.29, 0.717) is 13.1 Å². The average Bonchev–Trinajstić information content (AvgIpc) is 2.55. The maximum atomic E-state index is 12.3. The fourth-order valence-corrected chi connectivity index (χ4v) is 2.06. The molecule has 0 fully saturated rings. The molecule has 3 amide bonds. The van der Waals surface area contributed by atoms with Crippen molar-refractivity contribution in [1.29, 1.82) is 0 Å². The number of imide groups is 1. The highest BCUT2D eigenvalue weighted by molar-refractivity contribution is 5.93. The molecule has 0 saturated carbocycles. The molecular formula is C17H25N3O4. The lowest BCUT2D eigenvalue weighted by Gasteiger charge is -2.23. The molecule has 0 bridgehead atoms. The van der Waals surface area contributed by atoms with Crippen LogP contribution in [0.4, 0.5) is 4.79 Å². The molecule has 1 aromatic carbocycles. The van der Waals surface area contributed by atoms with E-state index in [2.05, 4.69) is 10.1 Å². The van der Waals surface area contributed by atoms with Crippen molar-refractivity contribution >= 4 is 17.9 Å². The summed E-state index contributed by atoms with van der Waals surface area (Å²) in [7, 11) is 1.72. The molecule has 1 aromatic rings. The van der Waals surface area contributed by atoms with Crippen LogP contribution >= 0.6 is 0 Å². The molecule has 0 radical (unpaired) electrons. The second-order valence-electron chi connectivity index (χ2n) is 5.31. The van der Waals surface area contributed by atoms with Crippen LogP contribution in [0.2, 0.25) is 0 Å². The summed E-state index contributed by atoms with van der Waals surface area (Å²) < 4.78 is 4.65. The Hall–Kier alpha value is -2.41. The van der Waals surface area contributed by atoms with Crippen molar-refractivity contribution in [1.82, 2.24) is 15.1 Å². The molecule has 0 unspecified atom stereocenters. The van der Waals surface area contributed by atoms with Gasteiger partial charge in [0.1, 0.15) is 0 Å². The Labute approximate surface area is 142 Å². The predicted molar refractivity (Wildman–Crippen MR) is 90.2 cm³/mol. The molecule has 0 spiro atoms. The van der Waals surface area contributed by atoms with Crippen LogP contribution in [0.15, 0.2) is 30.3 Å². The Kier molecular flexibility index (Phi) is 8.49. The molecule has 0 saturated heterocycles. The van der Waals surface area contributed by atoms with Crippen molar-refractivity contribution < 1.29 is 19.1 Å². The largest absolute Gasteiger partial charge is 0.450 e. The molecule has 0 atom stereocenters. The van der Waals surface area contributed by atoms with Crippen LogP contribution < -0.4 is 5.32 Å². The van der Waals surface area contributed by atoms with E-state index in [1.54, 1.807) is 23.8 Å². The van der Waals surface area contributed by atoms with Gasteiger partial charge in [0.25, 0.3) is 0 Å². The Bertz CT molecular complexity index is 548. The normalized spacial score (nSPS) is 10.3. The van der Waals surface area contributed by atoms with Gasteiger partial charge >= 0.3 is 6.09 Å². The zero-order valence-corrected chi connectivity index (χ0v) is 14.4. The molecule has 1 rings (SSSR count). The summed E-state index contributed by atoms with van der Waals surface area (Å²) in [6.07, 6.45) is -0.772. The summed E-state index contributed by atoms with van der Waals surface area (Å²) in [5.74, 6) is -0.585. The van der Waals surface area contributed by atoms with Gasteiger partial charge < -0.3 is 9.64 Å². The molecule has 0 aliphatic rings. The zero-order valence-electron chi connectivity index (χ0n) is 14.4. The quantitative estimate of drug-likeness (QED) is 0.773. The van der Waals surface area contributed by atoms with Crippen LogP contribution in [0.3, 0.4) is 0 Å². The fraction of sp³-hybridized carbons (Fsp3) is 0.471. The summed E-state index contributed by atoms with van der Waals surface area (Å²) in [6, 6.07) is 9.67. The number of ether oxygens (including phenoxy) is 1. The number of alkyl carbamates (subject to hydrolysis) is 1. The lowest BCUT2D eigenvalue weighted by molar-refractivity contribution is -0.132. The van der Waals surface area contributed by atoms with Crippen molar-refractivity contribution in [3.63, 3.8) is 0 Å². The van der Waals surface area contributed by atoms with Gasteiger partial charge in [-0.1, -0.05) is 37.3 Å². The van der Waals surface area contributed by atoms with E-state index in [4.69, 9.17) is 0 Å². The molecule has 132 valence electrons. The van der Waals surface area contributed by atoms with E-state index >= 15 is 0 Å². The van der Waals surface area contributed by atoms with Crippen LogP contribution in [0.1, 0.15) is 19.4 Å². The number of nitrogens with zero attached hydrogens (tertiary/aromatic N) is 2. The minimum atomic E-state index is -0.772. The van der Waals surface area contributed by atoms with Crippen LogP contribution in [0.25, 0.3) is 0 Å². The number of likely N-dealkylation sites (N-methyl/N-ethyl adjacent to an activating group) is 2. The molecule has 0 aromatic heterocycles. The van der Waals surface area contributed by atoms with Gasteiger partial charge in [0.2, 0.25) is 11.8 Å². The Morgan fingerprint density at radius 1 is 1.08 bits per heavy atom. The lowest BCUT2D eigenvalue weighted by Crippen LogP contribution is -2.44. The van der Waals surface area contributed by atoms with E-state index in [1.165, 1.54) is 0 Å². The molecule has 0 heterocycles. The van der Waals surface area contributed by atoms with Gasteiger partial charge in [-0.2, -0.15) is 0 Å². The van der Waals surface area contributed by atoms with Gasteiger partial charge in [-0.05, 0) is 19.0 Å². The van der Waals surface area contributed by atoms with Crippen molar-refractivity contribution in [2.45, 2.75) is 20.4 Å². The van der Waals surface area contributed by atoms with Gasteiger partial charge in [-0.3, -0.25) is 19.8 Å². The van der Waals surface area contributed by atoms with Crippen molar-refractivity contribution in [3.8, 4) is 0 Å². The van der Waals surface area contributed by atoms with Gasteiger partial charge in [0, 0.05) is 13.6 Å². The standard InChI is InChI=1S/C17H25N3O4/c1-4-20(12-15(21)18-17(23)24-5-2)13-16(22)19(3)11-14-9-7-6-8-10-14/h6-10H,4-5,11-13H2,1-3H3,(H,18,21,23). The van der Waals surface area contributed by atoms with Crippen LogP contribution in [0, 0.1) is 0 Å². The number of hydrogen-bond acceptors (Lipinski definition) is 5. The number of benzene rings is 1. The Balaban J connectivity index is 2.47. The number of carbonyl (C=O) groups is 3. The first kappa shape index (κ1) is 19.6. The summed E-state index contributed by atoms with van der Waals surface area (Å²) in [5.41, 5.74) is 1.04. The smallest absolute Gasteiger partial charge is 0.413 e. The first-order valence-corrected chi connectivity index (χ1v) is 7.93. The number of carbonyl (C=O) groups excluding carboxylic acids is 3. The predicted octanol–water partition coefficient (Wildman–Crippen LogP) is 1.24. The van der Waals surface area contributed by atoms with Gasteiger partial charge in [0.15, 0.2) is 0 Å². The van der Waals surface area contributed by atoms with Crippen molar-refractivity contribution in [2.75, 3.05) is 33.3 Å². The highest BCUT2D eigenvalue weighted by Crippen LogP contribution is 2.03. The molecule has 0 aliphatic carbocycles. The van der Waals surface area contributed by atoms with E-state index in [9.17, 15) is 14.4 Å². The van der Waals surface area contributed by atoms with E-state index < -0.39 is 12.0 Å². The van der Waals surface area contributed by atoms with Crippen LogP contribution in [-0.2, 0) is 20.9 Å². The number of rotatable bonds is 8. The maximum Gasteiger partial charge on any atom is 0.413 e. The fourth-order valence-electron chi connectivity index (χ4n) is 2.06. The Morgan fingerprint density at radius 3 is 2.33 bits per heavy atom. The minimum absolute atomic E-state index is 0.0414. The molecule has 7 nitrogen and oxygen atoms in total. The summed E-state index contributed by atoms with van der Waals surface area (Å²) in [6.45, 7) is 4.79. The van der Waals surface area contributed by atoms with E-state index in [1.807, 2.05) is 37.3 Å². The number of amides is 3. The molecule has 0 aliphatic heterocycles. The average molecular weight is 335 g/mol. The number of hydrogen-bond donors (Lipinski definition) is 1. The number of nitrogens with one attached hydrogen (secondary N) is 1. The molecule has 1 N–H and O–H groups in total. The summed E-state index contributed by atoms with van der Waals surface area (Å²) in [5, 5.41) is 2.12. The monoisotopic (exact) mass is 335 g/mol. The topological polar surface area (TPSA) is 79.0 Å². The van der Waals surface area contributed by atoms with Gasteiger partial charge in [-0.15, -0.1) is 0 Å². The molecule has 7 heteroatoms. The van der Waals surface area contributed by atoms with E-state index in [0.717, 1.165) is 5.56 Å². The maximum absolute atomic E-state index is 12.3. The highest BCUT2D eigenvalue weighted by Gasteiger charge is 2.17. The van der Waals surface area contributed by atoms with E-state index in [-0.39, 0.29) is 25.6 Å². The third-order valence-electron chi connectivity index (χ3n) is 3.38. The molecule has 24 heavy (non-hydrogen) atoms. The Morgan fingerprint density at radius 2 is 1.75 bits per heavy atom. The third-order valence-corrected chi connectivity index (χ3v) is 3.38. The minimum Gasteiger partial charge on any atom is -0.450 e. The summed E-state index contributed by atoms with van der Waals surface area (Å²) in [4.78, 5) is 38.5.